The molecule has 0 aromatic heterocycles. The van der Waals surface area contributed by atoms with Crippen molar-refractivity contribution >= 4 is 11.4 Å². The van der Waals surface area contributed by atoms with Crippen LogP contribution in [0.15, 0.2) is 0 Å². The van der Waals surface area contributed by atoms with E-state index < -0.39 is 46.5 Å². The number of benzene rings is 1. The van der Waals surface area contributed by atoms with Crippen molar-refractivity contribution in [3.63, 3.8) is 0 Å². The topological polar surface area (TPSA) is 52.0 Å². The van der Waals surface area contributed by atoms with Gasteiger partial charge < -0.3 is 11.5 Å². The van der Waals surface area contributed by atoms with Gasteiger partial charge in [0.15, 0.2) is 11.6 Å². The largest absolute Gasteiger partial charge is 0.421 e. The van der Waals surface area contributed by atoms with Crippen molar-refractivity contribution in [3.05, 3.63) is 22.8 Å². The number of hydrogen-bond acceptors (Lipinski definition) is 2. The molecule has 0 radical (unpaired) electrons. The normalized spacial score (nSPS) is 12.9. The first-order valence-electron chi connectivity index (χ1n) is 4.09. The van der Waals surface area contributed by atoms with Gasteiger partial charge in [0.2, 0.25) is 0 Å². The maximum Gasteiger partial charge on any atom is 0.421 e. The first-order valence-corrected chi connectivity index (χ1v) is 4.09. The second-order valence-electron chi connectivity index (χ2n) is 3.20. The molecule has 4 N–H and O–H groups in total. The van der Waals surface area contributed by atoms with Crippen LogP contribution < -0.4 is 11.5 Å². The number of halogens is 8. The highest BCUT2D eigenvalue weighted by Crippen LogP contribution is 2.45. The van der Waals surface area contributed by atoms with E-state index >= 15 is 0 Å². The molecule has 1 aromatic rings. The second-order valence-corrected chi connectivity index (χ2v) is 3.20. The summed E-state index contributed by atoms with van der Waals surface area (Å²) >= 11 is 0. The third-order valence-electron chi connectivity index (χ3n) is 2.02. The molecule has 0 saturated heterocycles. The molecule has 10 heteroatoms. The van der Waals surface area contributed by atoms with Gasteiger partial charge >= 0.3 is 12.4 Å². The summed E-state index contributed by atoms with van der Waals surface area (Å²) in [5, 5.41) is 0. The Balaban J connectivity index is 3.83. The smallest absolute Gasteiger partial charge is 0.396 e. The first kappa shape index (κ1) is 14.3. The molecule has 0 fully saturated rings. The number of nitrogen functional groups attached to an aromatic ring is 2. The van der Waals surface area contributed by atoms with Crippen molar-refractivity contribution in [3.8, 4) is 0 Å². The number of hydrogen-bond donors (Lipinski definition) is 2. The number of rotatable bonds is 0. The molecule has 0 amide bonds. The van der Waals surface area contributed by atoms with Crippen molar-refractivity contribution in [2.24, 2.45) is 0 Å². The van der Waals surface area contributed by atoms with Crippen LogP contribution >= 0.6 is 0 Å². The minimum atomic E-state index is -5.58. The minimum Gasteiger partial charge on any atom is -0.396 e. The third-order valence-corrected chi connectivity index (χ3v) is 2.02. The van der Waals surface area contributed by atoms with Crippen LogP contribution in [0.4, 0.5) is 46.5 Å². The number of anilines is 2. The van der Waals surface area contributed by atoms with E-state index in [0.717, 1.165) is 0 Å². The van der Waals surface area contributed by atoms with Gasteiger partial charge in [0.25, 0.3) is 0 Å². The van der Waals surface area contributed by atoms with Gasteiger partial charge in [-0.15, -0.1) is 0 Å². The molecular formula is C8H4F8N2. The summed E-state index contributed by atoms with van der Waals surface area (Å²) in [6.45, 7) is 0. The van der Waals surface area contributed by atoms with Crippen molar-refractivity contribution < 1.29 is 35.1 Å². The standard InChI is InChI=1S/C8H4F8N2/c9-3-1(7(11,12)13)5(17)4(10)6(18)2(3)8(14,15)16/h17-18H2. The van der Waals surface area contributed by atoms with Crippen molar-refractivity contribution in [2.45, 2.75) is 12.4 Å². The second kappa shape index (κ2) is 3.89. The fraction of sp³-hybridized carbons (Fsp3) is 0.250. The van der Waals surface area contributed by atoms with E-state index in [4.69, 9.17) is 0 Å². The van der Waals surface area contributed by atoms with Crippen LogP contribution in [0.3, 0.4) is 0 Å². The van der Waals surface area contributed by atoms with Gasteiger partial charge in [-0.05, 0) is 0 Å². The molecule has 0 saturated carbocycles. The highest BCUT2D eigenvalue weighted by atomic mass is 19.4. The predicted octanol–water partition coefficient (Wildman–Crippen LogP) is 3.17. The predicted molar refractivity (Wildman–Crippen MR) is 45.2 cm³/mol. The molecule has 0 heterocycles. The molecular weight excluding hydrogens is 276 g/mol. The summed E-state index contributed by atoms with van der Waals surface area (Å²) in [6.07, 6.45) is -11.2. The van der Waals surface area contributed by atoms with Crippen LogP contribution in [0.2, 0.25) is 0 Å². The van der Waals surface area contributed by atoms with E-state index in [9.17, 15) is 35.1 Å². The average molecular weight is 280 g/mol. The van der Waals surface area contributed by atoms with E-state index in [0.29, 0.717) is 0 Å². The Labute approximate surface area is 94.2 Å². The fourth-order valence-electron chi connectivity index (χ4n) is 1.28. The lowest BCUT2D eigenvalue weighted by molar-refractivity contribution is -0.147. The maximum atomic E-state index is 13.2. The van der Waals surface area contributed by atoms with E-state index in [2.05, 4.69) is 11.5 Å². The van der Waals surface area contributed by atoms with Gasteiger partial charge in [-0.3, -0.25) is 0 Å². The Hall–Kier alpha value is -1.74. The molecule has 102 valence electrons. The molecule has 0 bridgehead atoms. The summed E-state index contributed by atoms with van der Waals surface area (Å²) in [7, 11) is 0. The average Bonchev–Trinajstić information content (AvgIpc) is 2.09. The third kappa shape index (κ3) is 2.14. The Morgan fingerprint density at radius 3 is 1.11 bits per heavy atom. The van der Waals surface area contributed by atoms with Gasteiger partial charge in [0.05, 0.1) is 11.4 Å². The molecule has 0 aliphatic heterocycles. The Morgan fingerprint density at radius 2 is 0.889 bits per heavy atom. The molecule has 2 nitrogen and oxygen atoms in total. The minimum absolute atomic E-state index is 1.81. The van der Waals surface area contributed by atoms with Crippen LogP contribution in [-0.2, 0) is 12.4 Å². The van der Waals surface area contributed by atoms with E-state index in [1.165, 1.54) is 0 Å². The molecule has 0 aliphatic rings. The molecule has 0 spiro atoms. The molecule has 0 aliphatic carbocycles. The number of alkyl halides is 6. The zero-order chi connectivity index (χ0) is 14.5. The van der Waals surface area contributed by atoms with Crippen molar-refractivity contribution in [1.82, 2.24) is 0 Å². The Morgan fingerprint density at radius 1 is 0.611 bits per heavy atom. The van der Waals surface area contributed by atoms with Crippen LogP contribution in [0, 0.1) is 11.6 Å². The van der Waals surface area contributed by atoms with Crippen LogP contribution in [0.1, 0.15) is 11.1 Å². The highest BCUT2D eigenvalue weighted by Gasteiger charge is 2.46. The summed E-state index contributed by atoms with van der Waals surface area (Å²) in [6, 6.07) is 0. The monoisotopic (exact) mass is 280 g/mol. The van der Waals surface area contributed by atoms with Crippen LogP contribution in [0.25, 0.3) is 0 Å². The SMILES string of the molecule is Nc1c(F)c(N)c(C(F)(F)F)c(F)c1C(F)(F)F. The fourth-order valence-corrected chi connectivity index (χ4v) is 1.28. The summed E-state index contributed by atoms with van der Waals surface area (Å²) < 4.78 is 100. The molecule has 18 heavy (non-hydrogen) atoms. The van der Waals surface area contributed by atoms with Gasteiger partial charge in [-0.1, -0.05) is 0 Å². The summed E-state index contributed by atoms with van der Waals surface area (Å²) in [5.74, 6) is -4.90. The highest BCUT2D eigenvalue weighted by molar-refractivity contribution is 5.65. The van der Waals surface area contributed by atoms with Crippen LogP contribution in [0.5, 0.6) is 0 Å². The number of nitrogens with two attached hydrogens (primary N) is 2. The van der Waals surface area contributed by atoms with Gasteiger partial charge in [0.1, 0.15) is 11.1 Å². The van der Waals surface area contributed by atoms with Gasteiger partial charge in [0, 0.05) is 0 Å². The quantitative estimate of drug-likeness (QED) is 0.566. The lowest BCUT2D eigenvalue weighted by Crippen LogP contribution is -2.21. The molecule has 1 aromatic carbocycles. The summed E-state index contributed by atoms with van der Waals surface area (Å²) in [4.78, 5) is 0. The first-order chi connectivity index (χ1) is 7.89. The molecule has 0 unspecified atom stereocenters. The Bertz CT molecular complexity index is 446. The zero-order valence-corrected chi connectivity index (χ0v) is 8.18. The molecule has 1 rings (SSSR count). The van der Waals surface area contributed by atoms with Gasteiger partial charge in [-0.2, -0.15) is 26.3 Å². The van der Waals surface area contributed by atoms with Crippen molar-refractivity contribution in [1.29, 1.82) is 0 Å². The van der Waals surface area contributed by atoms with Crippen LogP contribution in [-0.4, -0.2) is 0 Å². The van der Waals surface area contributed by atoms with Gasteiger partial charge in [-0.25, -0.2) is 8.78 Å². The lowest BCUT2D eigenvalue weighted by atomic mass is 10.0. The lowest BCUT2D eigenvalue weighted by Gasteiger charge is -2.18. The summed E-state index contributed by atoms with van der Waals surface area (Å²) in [5.41, 5.74) is 0.519. The van der Waals surface area contributed by atoms with E-state index in [1.807, 2.05) is 0 Å². The van der Waals surface area contributed by atoms with E-state index in [1.54, 1.807) is 0 Å². The van der Waals surface area contributed by atoms with Crippen molar-refractivity contribution in [2.75, 3.05) is 11.5 Å². The maximum absolute atomic E-state index is 13.2. The van der Waals surface area contributed by atoms with E-state index in [-0.39, 0.29) is 0 Å². The zero-order valence-electron chi connectivity index (χ0n) is 8.18. The Kier molecular flexibility index (Phi) is 3.09. The molecule has 0 atom stereocenters.